The molecule has 0 rings (SSSR count). The zero-order chi connectivity index (χ0) is 10.6. The minimum atomic E-state index is -0.124. The summed E-state index contributed by atoms with van der Waals surface area (Å²) in [6.07, 6.45) is 1.89. The number of rotatable bonds is 3. The highest BCUT2D eigenvalue weighted by Crippen LogP contribution is 2.04. The van der Waals surface area contributed by atoms with E-state index in [1.54, 1.807) is 6.92 Å². The summed E-state index contributed by atoms with van der Waals surface area (Å²) in [5.74, 6) is 0.745. The van der Waals surface area contributed by atoms with Gasteiger partial charge in [-0.3, -0.25) is 14.6 Å². The van der Waals surface area contributed by atoms with Crippen LogP contribution in [0.25, 0.3) is 0 Å². The highest BCUT2D eigenvalue weighted by Gasteiger charge is 2.17. The van der Waals surface area contributed by atoms with Gasteiger partial charge in [-0.05, 0) is 19.9 Å². The minimum absolute atomic E-state index is 0. The molecule has 0 radical (unpaired) electrons. The molecule has 82 valence electrons. The SMILES string of the molecule is C=C(C)C(=O)NC(=CC)[N+](C)(C)C.[Cl-]. The Bertz CT molecular complexity index is 251. The van der Waals surface area contributed by atoms with Gasteiger partial charge in [0.1, 0.15) is 0 Å². The quantitative estimate of drug-likeness (QED) is 0.442. The molecule has 0 aliphatic rings. The number of carbonyl (C=O) groups is 1. The topological polar surface area (TPSA) is 29.1 Å². The molecule has 14 heavy (non-hydrogen) atoms. The molecular formula is C10H19ClN2O. The van der Waals surface area contributed by atoms with Crippen molar-refractivity contribution in [1.82, 2.24) is 5.32 Å². The van der Waals surface area contributed by atoms with E-state index in [0.29, 0.717) is 10.1 Å². The van der Waals surface area contributed by atoms with Crippen molar-refractivity contribution < 1.29 is 21.7 Å². The number of hydrogen-bond acceptors (Lipinski definition) is 1. The van der Waals surface area contributed by atoms with Gasteiger partial charge in [0.25, 0.3) is 5.91 Å². The fraction of sp³-hybridized carbons (Fsp3) is 0.500. The van der Waals surface area contributed by atoms with E-state index in [4.69, 9.17) is 0 Å². The maximum atomic E-state index is 11.3. The van der Waals surface area contributed by atoms with Gasteiger partial charge >= 0.3 is 0 Å². The fourth-order valence-electron chi connectivity index (χ4n) is 0.850. The number of halogens is 1. The first-order valence-electron chi connectivity index (χ1n) is 4.24. The van der Waals surface area contributed by atoms with Crippen LogP contribution in [0, 0.1) is 0 Å². The van der Waals surface area contributed by atoms with E-state index < -0.39 is 0 Å². The monoisotopic (exact) mass is 218 g/mol. The van der Waals surface area contributed by atoms with E-state index in [1.807, 2.05) is 34.1 Å². The van der Waals surface area contributed by atoms with Crippen LogP contribution in [0.4, 0.5) is 0 Å². The number of allylic oxidation sites excluding steroid dienone is 1. The van der Waals surface area contributed by atoms with Crippen LogP contribution in [0.15, 0.2) is 24.0 Å². The third-order valence-electron chi connectivity index (χ3n) is 1.63. The van der Waals surface area contributed by atoms with Gasteiger partial charge in [0.05, 0.1) is 21.1 Å². The number of carbonyl (C=O) groups excluding carboxylic acids is 1. The molecule has 1 N–H and O–H groups in total. The molecule has 0 aliphatic heterocycles. The largest absolute Gasteiger partial charge is 1.00 e. The van der Waals surface area contributed by atoms with Gasteiger partial charge in [0, 0.05) is 5.57 Å². The van der Waals surface area contributed by atoms with E-state index >= 15 is 0 Å². The minimum Gasteiger partial charge on any atom is -1.00 e. The van der Waals surface area contributed by atoms with E-state index in [1.165, 1.54) is 0 Å². The summed E-state index contributed by atoms with van der Waals surface area (Å²) in [4.78, 5) is 11.3. The second-order valence-electron chi connectivity index (χ2n) is 3.92. The van der Waals surface area contributed by atoms with Crippen LogP contribution >= 0.6 is 0 Å². The smallest absolute Gasteiger partial charge is 0.254 e. The number of nitrogens with one attached hydrogen (secondary N) is 1. The number of quaternary nitrogens is 1. The molecule has 0 unspecified atom stereocenters. The average molecular weight is 219 g/mol. The molecule has 0 fully saturated rings. The maximum absolute atomic E-state index is 11.3. The van der Waals surface area contributed by atoms with Crippen molar-refractivity contribution in [2.24, 2.45) is 0 Å². The van der Waals surface area contributed by atoms with Crippen LogP contribution in [-0.4, -0.2) is 31.5 Å². The van der Waals surface area contributed by atoms with Crippen molar-refractivity contribution in [3.63, 3.8) is 0 Å². The van der Waals surface area contributed by atoms with E-state index in [9.17, 15) is 4.79 Å². The zero-order valence-electron chi connectivity index (χ0n) is 9.52. The van der Waals surface area contributed by atoms with Gasteiger partial charge in [-0.1, -0.05) is 6.58 Å². The standard InChI is InChI=1S/C10H18N2O.ClH/c1-7-9(12(4,5)6)11-10(13)8(2)3;/h7H,2H2,1,3-6H3;1H. The van der Waals surface area contributed by atoms with Crippen molar-refractivity contribution in [3.8, 4) is 0 Å². The van der Waals surface area contributed by atoms with Crippen molar-refractivity contribution in [2.75, 3.05) is 21.1 Å². The molecule has 0 spiro atoms. The lowest BCUT2D eigenvalue weighted by atomic mass is 10.3. The van der Waals surface area contributed by atoms with Crippen LogP contribution in [0.1, 0.15) is 13.8 Å². The molecule has 1 amide bonds. The summed E-state index contributed by atoms with van der Waals surface area (Å²) in [5.41, 5.74) is 0.521. The van der Waals surface area contributed by atoms with Gasteiger partial charge in [-0.25, -0.2) is 0 Å². The second-order valence-corrected chi connectivity index (χ2v) is 3.92. The zero-order valence-corrected chi connectivity index (χ0v) is 10.3. The van der Waals surface area contributed by atoms with Crippen LogP contribution in [0.5, 0.6) is 0 Å². The Hall–Kier alpha value is -0.800. The number of amides is 1. The van der Waals surface area contributed by atoms with Crippen molar-refractivity contribution in [2.45, 2.75) is 13.8 Å². The summed E-state index contributed by atoms with van der Waals surface area (Å²) in [6.45, 7) is 7.17. The molecule has 3 nitrogen and oxygen atoms in total. The van der Waals surface area contributed by atoms with Crippen LogP contribution in [0.2, 0.25) is 0 Å². The molecule has 0 saturated carbocycles. The summed E-state index contributed by atoms with van der Waals surface area (Å²) in [6, 6.07) is 0. The van der Waals surface area contributed by atoms with Crippen molar-refractivity contribution in [3.05, 3.63) is 24.0 Å². The Morgan fingerprint density at radius 2 is 1.79 bits per heavy atom. The van der Waals surface area contributed by atoms with Crippen LogP contribution < -0.4 is 17.7 Å². The molecule has 0 aromatic heterocycles. The Morgan fingerprint density at radius 3 is 2.00 bits per heavy atom. The first-order valence-corrected chi connectivity index (χ1v) is 4.24. The molecule has 0 saturated heterocycles. The Morgan fingerprint density at radius 1 is 1.36 bits per heavy atom. The second kappa shape index (κ2) is 5.83. The first kappa shape index (κ1) is 15.7. The molecule has 4 heteroatoms. The van der Waals surface area contributed by atoms with Gasteiger partial charge < -0.3 is 12.4 Å². The summed E-state index contributed by atoms with van der Waals surface area (Å²) in [5, 5.41) is 2.80. The average Bonchev–Trinajstić information content (AvgIpc) is 1.96. The van der Waals surface area contributed by atoms with Crippen LogP contribution in [0.3, 0.4) is 0 Å². The molecule has 0 aromatic carbocycles. The Balaban J connectivity index is 0. The molecule has 0 aliphatic carbocycles. The summed E-state index contributed by atoms with van der Waals surface area (Å²) < 4.78 is 0.593. The molecule has 0 heterocycles. The Kier molecular flexibility index (Phi) is 6.52. The van der Waals surface area contributed by atoms with E-state index in [0.717, 1.165) is 5.82 Å². The highest BCUT2D eigenvalue weighted by atomic mass is 35.5. The molecule has 0 aromatic rings. The van der Waals surface area contributed by atoms with Gasteiger partial charge in [-0.15, -0.1) is 0 Å². The predicted octanol–water partition coefficient (Wildman–Crippen LogP) is -1.75. The van der Waals surface area contributed by atoms with Crippen molar-refractivity contribution in [1.29, 1.82) is 0 Å². The maximum Gasteiger partial charge on any atom is 0.254 e. The summed E-state index contributed by atoms with van der Waals surface area (Å²) in [7, 11) is 5.98. The summed E-state index contributed by atoms with van der Waals surface area (Å²) >= 11 is 0. The van der Waals surface area contributed by atoms with Gasteiger partial charge in [0.15, 0.2) is 0 Å². The molecular weight excluding hydrogens is 200 g/mol. The van der Waals surface area contributed by atoms with E-state index in [2.05, 4.69) is 11.9 Å². The lowest BCUT2D eigenvalue weighted by Crippen LogP contribution is -3.00. The van der Waals surface area contributed by atoms with Gasteiger partial charge in [0.2, 0.25) is 5.82 Å². The number of hydrogen-bond donors (Lipinski definition) is 1. The highest BCUT2D eigenvalue weighted by molar-refractivity contribution is 5.93. The van der Waals surface area contributed by atoms with Gasteiger partial charge in [-0.2, -0.15) is 0 Å². The van der Waals surface area contributed by atoms with Crippen molar-refractivity contribution >= 4 is 5.91 Å². The molecule has 0 bridgehead atoms. The number of nitrogens with zero attached hydrogens (tertiary/aromatic N) is 1. The van der Waals surface area contributed by atoms with Crippen LogP contribution in [-0.2, 0) is 4.79 Å². The van der Waals surface area contributed by atoms with E-state index in [-0.39, 0.29) is 18.3 Å². The molecule has 0 atom stereocenters. The third kappa shape index (κ3) is 5.04. The fourth-order valence-corrected chi connectivity index (χ4v) is 0.850. The lowest BCUT2D eigenvalue weighted by Gasteiger charge is -2.26. The lowest BCUT2D eigenvalue weighted by molar-refractivity contribution is -0.834. The normalized spacial score (nSPS) is 11.6. The Labute approximate surface area is 92.5 Å². The predicted molar refractivity (Wildman–Crippen MR) is 54.7 cm³/mol. The first-order chi connectivity index (χ1) is 5.79. The third-order valence-corrected chi connectivity index (χ3v) is 1.63.